The number of hydrogen-bond acceptors (Lipinski definition) is 4. The molecule has 1 aromatic carbocycles. The molecule has 0 amide bonds. The molecule has 0 bridgehead atoms. The van der Waals surface area contributed by atoms with E-state index in [9.17, 15) is 5.11 Å². The molecule has 2 rings (SSSR count). The molecule has 18 heavy (non-hydrogen) atoms. The lowest BCUT2D eigenvalue weighted by atomic mass is 10.1. The molecule has 0 aliphatic carbocycles. The van der Waals surface area contributed by atoms with Gasteiger partial charge in [0, 0.05) is 0 Å². The zero-order chi connectivity index (χ0) is 12.8. The Bertz CT molecular complexity index is 441. The van der Waals surface area contributed by atoms with Gasteiger partial charge in [0.2, 0.25) is 0 Å². The Hall–Kier alpha value is -1.62. The van der Waals surface area contributed by atoms with Crippen LogP contribution in [0.15, 0.2) is 53.1 Å². The van der Waals surface area contributed by atoms with Crippen LogP contribution >= 0.6 is 0 Å². The molecule has 0 saturated carbocycles. The summed E-state index contributed by atoms with van der Waals surface area (Å²) in [6.45, 7) is 2.11. The van der Waals surface area contributed by atoms with E-state index in [1.807, 2.05) is 49.4 Å². The van der Waals surface area contributed by atoms with Gasteiger partial charge in [0.05, 0.1) is 18.9 Å². The topological polar surface area (TPSA) is 54.6 Å². The van der Waals surface area contributed by atoms with Crippen molar-refractivity contribution < 1.29 is 14.4 Å². The second kappa shape index (κ2) is 6.35. The molecule has 0 aliphatic rings. The van der Waals surface area contributed by atoms with Crippen LogP contribution in [0.3, 0.4) is 0 Å². The van der Waals surface area contributed by atoms with Crippen LogP contribution in [0.1, 0.15) is 30.4 Å². The maximum atomic E-state index is 9.88. The van der Waals surface area contributed by atoms with Crippen LogP contribution in [0.2, 0.25) is 0 Å². The SMILES string of the molecule is C[C@H](NOC[C@H](O)c1ccccc1)c1ccco1. The largest absolute Gasteiger partial charge is 0.468 e. The van der Waals surface area contributed by atoms with Crippen molar-refractivity contribution in [3.63, 3.8) is 0 Å². The standard InChI is InChI=1S/C14H17NO3/c1-11(14-8-5-9-17-14)15-18-10-13(16)12-6-3-2-4-7-12/h2-9,11,13,15-16H,10H2,1H3/t11-,13-/m0/s1. The minimum atomic E-state index is -0.637. The Morgan fingerprint density at radius 2 is 2.00 bits per heavy atom. The fraction of sp³-hybridized carbons (Fsp3) is 0.286. The van der Waals surface area contributed by atoms with Crippen LogP contribution in [-0.4, -0.2) is 11.7 Å². The van der Waals surface area contributed by atoms with E-state index >= 15 is 0 Å². The van der Waals surface area contributed by atoms with Gasteiger partial charge in [-0.2, -0.15) is 5.48 Å². The zero-order valence-electron chi connectivity index (χ0n) is 10.2. The van der Waals surface area contributed by atoms with Crippen molar-refractivity contribution >= 4 is 0 Å². The molecular weight excluding hydrogens is 230 g/mol. The maximum Gasteiger partial charge on any atom is 0.122 e. The first kappa shape index (κ1) is 12.8. The summed E-state index contributed by atoms with van der Waals surface area (Å²) in [4.78, 5) is 5.28. The Balaban J connectivity index is 1.76. The first-order valence-electron chi connectivity index (χ1n) is 5.91. The fourth-order valence-electron chi connectivity index (χ4n) is 1.62. The Kier molecular flexibility index (Phi) is 4.52. The van der Waals surface area contributed by atoms with Crippen molar-refractivity contribution in [1.29, 1.82) is 0 Å². The first-order chi connectivity index (χ1) is 8.77. The van der Waals surface area contributed by atoms with Crippen molar-refractivity contribution in [2.75, 3.05) is 6.61 Å². The summed E-state index contributed by atoms with van der Waals surface area (Å²) < 4.78 is 5.23. The maximum absolute atomic E-state index is 9.88. The predicted molar refractivity (Wildman–Crippen MR) is 67.6 cm³/mol. The summed E-state index contributed by atoms with van der Waals surface area (Å²) in [5.41, 5.74) is 3.67. The van der Waals surface area contributed by atoms with Crippen molar-refractivity contribution in [3.05, 3.63) is 60.1 Å². The number of hydrogen-bond donors (Lipinski definition) is 2. The normalized spacial score (nSPS) is 14.3. The van der Waals surface area contributed by atoms with Crippen molar-refractivity contribution in [2.24, 2.45) is 0 Å². The smallest absolute Gasteiger partial charge is 0.122 e. The van der Waals surface area contributed by atoms with Gasteiger partial charge in [-0.15, -0.1) is 0 Å². The average molecular weight is 247 g/mol. The van der Waals surface area contributed by atoms with Gasteiger partial charge in [0.1, 0.15) is 11.9 Å². The molecule has 1 heterocycles. The van der Waals surface area contributed by atoms with E-state index < -0.39 is 6.10 Å². The number of aliphatic hydroxyl groups excluding tert-OH is 1. The third kappa shape index (κ3) is 3.43. The highest BCUT2D eigenvalue weighted by Crippen LogP contribution is 2.14. The molecule has 0 saturated heterocycles. The van der Waals surface area contributed by atoms with Gasteiger partial charge >= 0.3 is 0 Å². The number of rotatable bonds is 6. The molecule has 4 nitrogen and oxygen atoms in total. The van der Waals surface area contributed by atoms with Gasteiger partial charge in [-0.3, -0.25) is 4.84 Å². The molecule has 4 heteroatoms. The minimum absolute atomic E-state index is 0.0528. The lowest BCUT2D eigenvalue weighted by Gasteiger charge is -2.14. The van der Waals surface area contributed by atoms with E-state index in [-0.39, 0.29) is 12.6 Å². The molecular formula is C14H17NO3. The number of aliphatic hydroxyl groups is 1. The third-order valence-corrected chi connectivity index (χ3v) is 2.66. The van der Waals surface area contributed by atoms with Gasteiger partial charge in [0.25, 0.3) is 0 Å². The number of hydroxylamine groups is 1. The number of nitrogens with one attached hydrogen (secondary N) is 1. The van der Waals surface area contributed by atoms with Crippen LogP contribution in [0, 0.1) is 0 Å². The fourth-order valence-corrected chi connectivity index (χ4v) is 1.62. The molecule has 0 radical (unpaired) electrons. The average Bonchev–Trinajstić information content (AvgIpc) is 2.93. The quantitative estimate of drug-likeness (QED) is 0.770. The van der Waals surface area contributed by atoms with Crippen molar-refractivity contribution in [2.45, 2.75) is 19.1 Å². The van der Waals surface area contributed by atoms with Gasteiger partial charge in [-0.05, 0) is 24.6 Å². The van der Waals surface area contributed by atoms with E-state index in [4.69, 9.17) is 9.25 Å². The van der Waals surface area contributed by atoms with E-state index in [0.717, 1.165) is 11.3 Å². The van der Waals surface area contributed by atoms with Crippen LogP contribution in [-0.2, 0) is 4.84 Å². The highest BCUT2D eigenvalue weighted by atomic mass is 16.7. The molecule has 0 aliphatic heterocycles. The van der Waals surface area contributed by atoms with E-state index in [1.54, 1.807) is 6.26 Å². The molecule has 0 unspecified atom stereocenters. The highest BCUT2D eigenvalue weighted by molar-refractivity contribution is 5.17. The highest BCUT2D eigenvalue weighted by Gasteiger charge is 2.10. The Morgan fingerprint density at radius 3 is 2.67 bits per heavy atom. The molecule has 2 N–H and O–H groups in total. The van der Waals surface area contributed by atoms with Gasteiger partial charge in [0.15, 0.2) is 0 Å². The van der Waals surface area contributed by atoms with Crippen LogP contribution < -0.4 is 5.48 Å². The Labute approximate surface area is 106 Å². The predicted octanol–water partition coefficient (Wildman–Crippen LogP) is 2.60. The van der Waals surface area contributed by atoms with E-state index in [1.165, 1.54) is 0 Å². The monoisotopic (exact) mass is 247 g/mol. The van der Waals surface area contributed by atoms with Crippen molar-refractivity contribution in [3.8, 4) is 0 Å². The zero-order valence-corrected chi connectivity index (χ0v) is 10.2. The first-order valence-corrected chi connectivity index (χ1v) is 5.91. The van der Waals surface area contributed by atoms with Crippen molar-refractivity contribution in [1.82, 2.24) is 5.48 Å². The van der Waals surface area contributed by atoms with Crippen LogP contribution in [0.4, 0.5) is 0 Å². The molecule has 1 aromatic heterocycles. The third-order valence-electron chi connectivity index (χ3n) is 2.66. The lowest BCUT2D eigenvalue weighted by Crippen LogP contribution is -2.22. The summed E-state index contributed by atoms with van der Waals surface area (Å²) in [5.74, 6) is 0.796. The molecule has 2 aromatic rings. The molecule has 0 spiro atoms. The lowest BCUT2D eigenvalue weighted by molar-refractivity contribution is -0.0367. The molecule has 2 atom stereocenters. The minimum Gasteiger partial charge on any atom is -0.468 e. The number of furan rings is 1. The summed E-state index contributed by atoms with van der Waals surface area (Å²) in [6.07, 6.45) is 0.981. The molecule has 96 valence electrons. The van der Waals surface area contributed by atoms with E-state index in [0.29, 0.717) is 0 Å². The summed E-state index contributed by atoms with van der Waals surface area (Å²) in [5, 5.41) is 9.88. The number of benzene rings is 1. The summed E-state index contributed by atoms with van der Waals surface area (Å²) in [7, 11) is 0. The van der Waals surface area contributed by atoms with E-state index in [2.05, 4.69) is 5.48 Å². The van der Waals surface area contributed by atoms with Gasteiger partial charge in [-0.25, -0.2) is 0 Å². The van der Waals surface area contributed by atoms with Crippen LogP contribution in [0.5, 0.6) is 0 Å². The molecule has 0 fully saturated rings. The second-order valence-electron chi connectivity index (χ2n) is 4.09. The second-order valence-corrected chi connectivity index (χ2v) is 4.09. The van der Waals surface area contributed by atoms with Crippen LogP contribution in [0.25, 0.3) is 0 Å². The van der Waals surface area contributed by atoms with Gasteiger partial charge < -0.3 is 9.52 Å². The Morgan fingerprint density at radius 1 is 1.22 bits per heavy atom. The summed E-state index contributed by atoms with van der Waals surface area (Å²) >= 11 is 0. The summed E-state index contributed by atoms with van der Waals surface area (Å²) in [6, 6.07) is 13.1. The van der Waals surface area contributed by atoms with Gasteiger partial charge in [-0.1, -0.05) is 30.3 Å².